The summed E-state index contributed by atoms with van der Waals surface area (Å²) in [6.45, 7) is 4.75. The molecule has 0 unspecified atom stereocenters. The summed E-state index contributed by atoms with van der Waals surface area (Å²) in [5.41, 5.74) is 5.46. The van der Waals surface area contributed by atoms with E-state index in [1.54, 1.807) is 19.3 Å². The van der Waals surface area contributed by atoms with Gasteiger partial charge in [0.1, 0.15) is 12.4 Å². The number of nitrogen functional groups attached to an aromatic ring is 1. The monoisotopic (exact) mass is 267 g/mol. The topological polar surface area (TPSA) is 93.2 Å². The van der Waals surface area contributed by atoms with E-state index in [1.165, 1.54) is 9.58 Å². The molecule has 1 aromatic rings. The normalized spacial score (nSPS) is 10.5. The maximum atomic E-state index is 11.8. The van der Waals surface area contributed by atoms with Crippen molar-refractivity contribution in [3.63, 3.8) is 0 Å². The molecule has 106 valence electrons. The van der Waals surface area contributed by atoms with Gasteiger partial charge in [-0.3, -0.25) is 14.3 Å². The predicted molar refractivity (Wildman–Crippen MR) is 72.1 cm³/mol. The van der Waals surface area contributed by atoms with Gasteiger partial charge < -0.3 is 16.0 Å². The van der Waals surface area contributed by atoms with E-state index in [-0.39, 0.29) is 24.9 Å². The molecule has 0 radical (unpaired) electrons. The maximum Gasteiger partial charge on any atom is 0.244 e. The lowest BCUT2D eigenvalue weighted by Gasteiger charge is -2.17. The molecule has 3 N–H and O–H groups in total. The second-order valence-corrected chi connectivity index (χ2v) is 4.89. The van der Waals surface area contributed by atoms with Crippen molar-refractivity contribution in [2.75, 3.05) is 25.9 Å². The molecule has 0 saturated heterocycles. The Bertz CT molecular complexity index is 441. The van der Waals surface area contributed by atoms with Crippen molar-refractivity contribution < 1.29 is 9.59 Å². The number of carbonyl (C=O) groups excluding carboxylic acids is 2. The Kier molecular flexibility index (Phi) is 5.35. The molecule has 0 atom stereocenters. The molecule has 0 saturated carbocycles. The molecule has 1 heterocycles. The minimum absolute atomic E-state index is 0.0440. The summed E-state index contributed by atoms with van der Waals surface area (Å²) in [4.78, 5) is 24.8. The van der Waals surface area contributed by atoms with E-state index in [9.17, 15) is 9.59 Å². The van der Waals surface area contributed by atoms with Gasteiger partial charge in [-0.15, -0.1) is 0 Å². The van der Waals surface area contributed by atoms with Crippen LogP contribution in [0.15, 0.2) is 12.3 Å². The van der Waals surface area contributed by atoms with Crippen LogP contribution in [0.3, 0.4) is 0 Å². The first-order chi connectivity index (χ1) is 8.88. The Balaban J connectivity index is 2.38. The van der Waals surface area contributed by atoms with Gasteiger partial charge in [-0.25, -0.2) is 0 Å². The molecule has 0 aliphatic carbocycles. The third-order valence-corrected chi connectivity index (χ3v) is 2.47. The summed E-state index contributed by atoms with van der Waals surface area (Å²) in [5.74, 6) is 0.398. The first-order valence-electron chi connectivity index (χ1n) is 6.18. The largest absolute Gasteiger partial charge is 0.382 e. The molecule has 1 aromatic heterocycles. The Hall–Kier alpha value is -2.05. The van der Waals surface area contributed by atoms with E-state index in [0.29, 0.717) is 18.3 Å². The van der Waals surface area contributed by atoms with Crippen molar-refractivity contribution in [1.82, 2.24) is 20.0 Å². The van der Waals surface area contributed by atoms with Crippen LogP contribution in [0.2, 0.25) is 0 Å². The Morgan fingerprint density at radius 2 is 2.21 bits per heavy atom. The van der Waals surface area contributed by atoms with Crippen LogP contribution in [0.4, 0.5) is 5.82 Å². The standard InChI is InChI=1S/C12H21N5O2/c1-9(2)6-14-11(18)7-16(3)12(19)8-17-5-4-10(13)15-17/h4-5,9H,6-8H2,1-3H3,(H2,13,15)(H,14,18). The first-order valence-corrected chi connectivity index (χ1v) is 6.18. The number of nitrogens with two attached hydrogens (primary N) is 1. The summed E-state index contributed by atoms with van der Waals surface area (Å²) >= 11 is 0. The lowest BCUT2D eigenvalue weighted by Crippen LogP contribution is -2.40. The number of nitrogens with one attached hydrogen (secondary N) is 1. The van der Waals surface area contributed by atoms with Gasteiger partial charge in [0.15, 0.2) is 0 Å². The molecule has 7 heteroatoms. The summed E-state index contributed by atoms with van der Waals surface area (Å²) in [5, 5.41) is 6.68. The molecule has 0 spiro atoms. The van der Waals surface area contributed by atoms with Crippen molar-refractivity contribution in [2.45, 2.75) is 20.4 Å². The number of amides is 2. The number of carbonyl (C=O) groups is 2. The van der Waals surface area contributed by atoms with Gasteiger partial charge in [0, 0.05) is 19.8 Å². The molecule has 2 amide bonds. The second kappa shape index (κ2) is 6.77. The number of rotatable bonds is 6. The number of likely N-dealkylation sites (N-methyl/N-ethyl adjacent to an activating group) is 1. The second-order valence-electron chi connectivity index (χ2n) is 4.89. The van der Waals surface area contributed by atoms with Crippen LogP contribution in [-0.4, -0.2) is 46.6 Å². The van der Waals surface area contributed by atoms with Crippen LogP contribution in [0.5, 0.6) is 0 Å². The van der Waals surface area contributed by atoms with Crippen LogP contribution >= 0.6 is 0 Å². The summed E-state index contributed by atoms with van der Waals surface area (Å²) < 4.78 is 1.44. The smallest absolute Gasteiger partial charge is 0.244 e. The summed E-state index contributed by atoms with van der Waals surface area (Å²) in [6, 6.07) is 1.61. The molecule has 19 heavy (non-hydrogen) atoms. The molecule has 0 fully saturated rings. The third-order valence-electron chi connectivity index (χ3n) is 2.47. The van der Waals surface area contributed by atoms with Crippen LogP contribution in [0.1, 0.15) is 13.8 Å². The van der Waals surface area contributed by atoms with Crippen molar-refractivity contribution in [3.05, 3.63) is 12.3 Å². The first kappa shape index (κ1) is 15.0. The van der Waals surface area contributed by atoms with Crippen molar-refractivity contribution in [1.29, 1.82) is 0 Å². The molecule has 0 aliphatic rings. The number of hydrogen-bond acceptors (Lipinski definition) is 4. The number of nitrogens with zero attached hydrogens (tertiary/aromatic N) is 3. The van der Waals surface area contributed by atoms with Crippen molar-refractivity contribution in [2.24, 2.45) is 5.92 Å². The van der Waals surface area contributed by atoms with Gasteiger partial charge in [-0.05, 0) is 12.0 Å². The van der Waals surface area contributed by atoms with Crippen LogP contribution in [0.25, 0.3) is 0 Å². The highest BCUT2D eigenvalue weighted by Crippen LogP contribution is 1.97. The van der Waals surface area contributed by atoms with Gasteiger partial charge >= 0.3 is 0 Å². The van der Waals surface area contributed by atoms with E-state index in [4.69, 9.17) is 5.73 Å². The van der Waals surface area contributed by atoms with Crippen LogP contribution in [-0.2, 0) is 16.1 Å². The average Bonchev–Trinajstić information content (AvgIpc) is 2.72. The van der Waals surface area contributed by atoms with Gasteiger partial charge in [-0.1, -0.05) is 13.8 Å². The van der Waals surface area contributed by atoms with E-state index < -0.39 is 0 Å². The molecular formula is C12H21N5O2. The molecule has 7 nitrogen and oxygen atoms in total. The molecule has 0 aromatic carbocycles. The van der Waals surface area contributed by atoms with E-state index in [0.717, 1.165) is 0 Å². The van der Waals surface area contributed by atoms with Crippen molar-refractivity contribution >= 4 is 17.6 Å². The maximum absolute atomic E-state index is 11.8. The Morgan fingerprint density at radius 1 is 1.53 bits per heavy atom. The van der Waals surface area contributed by atoms with Gasteiger partial charge in [0.05, 0.1) is 6.54 Å². The fraction of sp³-hybridized carbons (Fsp3) is 0.583. The van der Waals surface area contributed by atoms with Crippen LogP contribution in [0, 0.1) is 5.92 Å². The van der Waals surface area contributed by atoms with E-state index >= 15 is 0 Å². The summed E-state index contributed by atoms with van der Waals surface area (Å²) in [6.07, 6.45) is 1.62. The number of anilines is 1. The number of hydrogen-bond donors (Lipinski definition) is 2. The van der Waals surface area contributed by atoms with Crippen LogP contribution < -0.4 is 11.1 Å². The highest BCUT2D eigenvalue weighted by atomic mass is 16.2. The molecule has 0 aliphatic heterocycles. The third kappa shape index (κ3) is 5.41. The highest BCUT2D eigenvalue weighted by Gasteiger charge is 2.13. The van der Waals surface area contributed by atoms with Gasteiger partial charge in [0.25, 0.3) is 0 Å². The van der Waals surface area contributed by atoms with E-state index in [1.807, 2.05) is 13.8 Å². The summed E-state index contributed by atoms with van der Waals surface area (Å²) in [7, 11) is 1.59. The predicted octanol–water partition coefficient (Wildman–Crippen LogP) is -0.304. The quantitative estimate of drug-likeness (QED) is 0.739. The molecular weight excluding hydrogens is 246 g/mol. The fourth-order valence-corrected chi connectivity index (χ4v) is 1.40. The zero-order valence-corrected chi connectivity index (χ0v) is 11.6. The Labute approximate surface area is 112 Å². The lowest BCUT2D eigenvalue weighted by molar-refractivity contribution is -0.135. The number of aromatic nitrogens is 2. The fourth-order valence-electron chi connectivity index (χ4n) is 1.40. The molecule has 0 bridgehead atoms. The zero-order valence-electron chi connectivity index (χ0n) is 11.6. The SMILES string of the molecule is CC(C)CNC(=O)CN(C)C(=O)Cn1ccc(N)n1. The van der Waals surface area contributed by atoms with Crippen molar-refractivity contribution in [3.8, 4) is 0 Å². The van der Waals surface area contributed by atoms with E-state index in [2.05, 4.69) is 10.4 Å². The minimum Gasteiger partial charge on any atom is -0.382 e. The minimum atomic E-state index is -0.192. The van der Waals surface area contributed by atoms with Gasteiger partial charge in [0.2, 0.25) is 11.8 Å². The zero-order chi connectivity index (χ0) is 14.4. The average molecular weight is 267 g/mol. The Morgan fingerprint density at radius 3 is 2.74 bits per heavy atom. The molecule has 1 rings (SSSR count). The highest BCUT2D eigenvalue weighted by molar-refractivity contribution is 5.84. The van der Waals surface area contributed by atoms with Gasteiger partial charge in [-0.2, -0.15) is 5.10 Å². The lowest BCUT2D eigenvalue weighted by atomic mass is 10.2.